The predicted molar refractivity (Wildman–Crippen MR) is 78.9 cm³/mol. The smallest absolute Gasteiger partial charge is 0.0348 e. The highest BCUT2D eigenvalue weighted by Gasteiger charge is 2.07. The molecule has 0 aliphatic heterocycles. The third kappa shape index (κ3) is 3.10. The van der Waals surface area contributed by atoms with Crippen molar-refractivity contribution in [3.8, 4) is 0 Å². The van der Waals surface area contributed by atoms with E-state index in [9.17, 15) is 0 Å². The molecule has 0 N–H and O–H groups in total. The lowest BCUT2D eigenvalue weighted by molar-refractivity contribution is 0.647. The molecule has 0 saturated carbocycles. The second kappa shape index (κ2) is 5.22. The average Bonchev–Trinajstić information content (AvgIpc) is 2.59. The fourth-order valence-corrected chi connectivity index (χ4v) is 3.36. The van der Waals surface area contributed by atoms with E-state index >= 15 is 0 Å². The Labute approximate surface area is 109 Å². The molecular formula is C16H22S. The monoisotopic (exact) mass is 246 g/mol. The Bertz CT molecular complexity index is 491. The molecule has 0 amide bonds. The topological polar surface area (TPSA) is 0 Å². The molecule has 0 fully saturated rings. The summed E-state index contributed by atoms with van der Waals surface area (Å²) in [6.07, 6.45) is 2.39. The van der Waals surface area contributed by atoms with Crippen molar-refractivity contribution < 1.29 is 0 Å². The van der Waals surface area contributed by atoms with Gasteiger partial charge in [0.15, 0.2) is 0 Å². The van der Waals surface area contributed by atoms with Gasteiger partial charge in [0.05, 0.1) is 0 Å². The summed E-state index contributed by atoms with van der Waals surface area (Å²) in [6.45, 7) is 9.14. The van der Waals surface area contributed by atoms with E-state index in [-0.39, 0.29) is 0 Å². The first kappa shape index (κ1) is 12.6. The summed E-state index contributed by atoms with van der Waals surface area (Å²) in [5, 5.41) is 3.81. The lowest BCUT2D eigenvalue weighted by Crippen LogP contribution is -1.94. The van der Waals surface area contributed by atoms with Crippen molar-refractivity contribution in [2.75, 3.05) is 0 Å². The van der Waals surface area contributed by atoms with Crippen LogP contribution in [-0.4, -0.2) is 0 Å². The van der Waals surface area contributed by atoms with Gasteiger partial charge in [-0.15, -0.1) is 11.3 Å². The maximum absolute atomic E-state index is 2.38. The van der Waals surface area contributed by atoms with Gasteiger partial charge in [0.25, 0.3) is 0 Å². The Morgan fingerprint density at radius 2 is 1.71 bits per heavy atom. The van der Waals surface area contributed by atoms with E-state index < -0.39 is 0 Å². The Balaban J connectivity index is 2.31. The standard InChI is InChI=1S/C16H22S/c1-11(2)7-13-5-6-15-14(8-12(3)4)10-17-16(15)9-13/h5-6,9-12H,7-8H2,1-4H3. The molecule has 1 heteroatoms. The van der Waals surface area contributed by atoms with Gasteiger partial charge in [0.2, 0.25) is 0 Å². The average molecular weight is 246 g/mol. The quantitative estimate of drug-likeness (QED) is 0.687. The molecule has 1 aromatic heterocycles. The van der Waals surface area contributed by atoms with Gasteiger partial charge in [0.1, 0.15) is 0 Å². The second-order valence-corrected chi connectivity index (χ2v) is 6.70. The van der Waals surface area contributed by atoms with Crippen LogP contribution in [0.2, 0.25) is 0 Å². The molecule has 92 valence electrons. The SMILES string of the molecule is CC(C)Cc1ccc2c(CC(C)C)csc2c1. The van der Waals surface area contributed by atoms with Crippen LogP contribution in [0.25, 0.3) is 10.1 Å². The highest BCUT2D eigenvalue weighted by Crippen LogP contribution is 2.29. The summed E-state index contributed by atoms with van der Waals surface area (Å²) < 4.78 is 1.46. The lowest BCUT2D eigenvalue weighted by Gasteiger charge is -2.06. The molecule has 0 bridgehead atoms. The van der Waals surface area contributed by atoms with E-state index in [2.05, 4.69) is 51.3 Å². The van der Waals surface area contributed by atoms with E-state index in [0.29, 0.717) is 0 Å². The van der Waals surface area contributed by atoms with E-state index in [4.69, 9.17) is 0 Å². The molecular weight excluding hydrogens is 224 g/mol. The summed E-state index contributed by atoms with van der Waals surface area (Å²) in [5.41, 5.74) is 3.00. The molecule has 0 unspecified atom stereocenters. The van der Waals surface area contributed by atoms with Crippen molar-refractivity contribution in [2.24, 2.45) is 11.8 Å². The zero-order chi connectivity index (χ0) is 12.4. The molecule has 0 saturated heterocycles. The van der Waals surface area contributed by atoms with Crippen molar-refractivity contribution in [1.82, 2.24) is 0 Å². The number of benzene rings is 1. The van der Waals surface area contributed by atoms with Crippen LogP contribution in [0, 0.1) is 11.8 Å². The fourth-order valence-electron chi connectivity index (χ4n) is 2.32. The van der Waals surface area contributed by atoms with Gasteiger partial charge in [0, 0.05) is 4.70 Å². The zero-order valence-electron chi connectivity index (χ0n) is 11.3. The van der Waals surface area contributed by atoms with Crippen LogP contribution in [0.5, 0.6) is 0 Å². The van der Waals surface area contributed by atoms with Crippen LogP contribution >= 0.6 is 11.3 Å². The van der Waals surface area contributed by atoms with Crippen LogP contribution < -0.4 is 0 Å². The van der Waals surface area contributed by atoms with Gasteiger partial charge in [-0.05, 0) is 52.6 Å². The highest BCUT2D eigenvalue weighted by molar-refractivity contribution is 7.17. The Morgan fingerprint density at radius 3 is 2.35 bits per heavy atom. The van der Waals surface area contributed by atoms with Crippen molar-refractivity contribution >= 4 is 21.4 Å². The summed E-state index contributed by atoms with van der Waals surface area (Å²) in [6, 6.07) is 7.00. The minimum Gasteiger partial charge on any atom is -0.144 e. The summed E-state index contributed by atoms with van der Waals surface area (Å²) >= 11 is 1.90. The van der Waals surface area contributed by atoms with Gasteiger partial charge < -0.3 is 0 Å². The first-order chi connectivity index (χ1) is 8.06. The van der Waals surface area contributed by atoms with Gasteiger partial charge >= 0.3 is 0 Å². The van der Waals surface area contributed by atoms with Gasteiger partial charge in [-0.3, -0.25) is 0 Å². The first-order valence-electron chi connectivity index (χ1n) is 6.55. The molecule has 0 aliphatic carbocycles. The lowest BCUT2D eigenvalue weighted by atomic mass is 9.99. The minimum atomic E-state index is 0.738. The maximum atomic E-state index is 2.38. The second-order valence-electron chi connectivity index (χ2n) is 5.79. The van der Waals surface area contributed by atoms with Crippen molar-refractivity contribution in [3.63, 3.8) is 0 Å². The summed E-state index contributed by atoms with van der Waals surface area (Å²) in [5.74, 6) is 1.48. The third-order valence-electron chi connectivity index (χ3n) is 2.99. The zero-order valence-corrected chi connectivity index (χ0v) is 12.1. The molecule has 0 radical (unpaired) electrons. The van der Waals surface area contributed by atoms with Crippen LogP contribution in [0.1, 0.15) is 38.8 Å². The van der Waals surface area contributed by atoms with Gasteiger partial charge in [-0.1, -0.05) is 39.8 Å². The van der Waals surface area contributed by atoms with Crippen molar-refractivity contribution in [2.45, 2.75) is 40.5 Å². The van der Waals surface area contributed by atoms with Crippen molar-refractivity contribution in [3.05, 3.63) is 34.7 Å². The molecule has 0 aliphatic rings. The molecule has 0 spiro atoms. The Kier molecular flexibility index (Phi) is 3.88. The molecule has 2 rings (SSSR count). The van der Waals surface area contributed by atoms with Crippen LogP contribution in [0.3, 0.4) is 0 Å². The summed E-state index contributed by atoms with van der Waals surface area (Å²) in [4.78, 5) is 0. The molecule has 0 nitrogen and oxygen atoms in total. The normalized spacial score (nSPS) is 11.9. The number of hydrogen-bond donors (Lipinski definition) is 0. The van der Waals surface area contributed by atoms with E-state index in [1.807, 2.05) is 11.3 Å². The predicted octanol–water partition coefficient (Wildman–Crippen LogP) is 5.30. The van der Waals surface area contributed by atoms with Crippen LogP contribution in [-0.2, 0) is 12.8 Å². The van der Waals surface area contributed by atoms with E-state index in [1.165, 1.54) is 34.1 Å². The van der Waals surface area contributed by atoms with Crippen LogP contribution in [0.15, 0.2) is 23.6 Å². The minimum absolute atomic E-state index is 0.738. The maximum Gasteiger partial charge on any atom is 0.0348 e. The fraction of sp³-hybridized carbons (Fsp3) is 0.500. The van der Waals surface area contributed by atoms with Gasteiger partial charge in [-0.2, -0.15) is 0 Å². The Morgan fingerprint density at radius 1 is 1.00 bits per heavy atom. The molecule has 0 atom stereocenters. The molecule has 17 heavy (non-hydrogen) atoms. The summed E-state index contributed by atoms with van der Waals surface area (Å²) in [7, 11) is 0. The van der Waals surface area contributed by atoms with Crippen molar-refractivity contribution in [1.29, 1.82) is 0 Å². The van der Waals surface area contributed by atoms with Crippen LogP contribution in [0.4, 0.5) is 0 Å². The van der Waals surface area contributed by atoms with E-state index in [0.717, 1.165) is 11.8 Å². The number of fused-ring (bicyclic) bond motifs is 1. The number of rotatable bonds is 4. The highest BCUT2D eigenvalue weighted by atomic mass is 32.1. The molecule has 1 aromatic carbocycles. The number of thiophene rings is 1. The first-order valence-corrected chi connectivity index (χ1v) is 7.43. The third-order valence-corrected chi connectivity index (χ3v) is 3.99. The molecule has 2 aromatic rings. The van der Waals surface area contributed by atoms with Gasteiger partial charge in [-0.25, -0.2) is 0 Å². The largest absolute Gasteiger partial charge is 0.144 e. The molecule has 1 heterocycles. The van der Waals surface area contributed by atoms with E-state index in [1.54, 1.807) is 0 Å². The number of hydrogen-bond acceptors (Lipinski definition) is 1. The Hall–Kier alpha value is -0.820.